The Hall–Kier alpha value is -2.58. The molecule has 1 heterocycles. The molecule has 0 bridgehead atoms. The van der Waals surface area contributed by atoms with E-state index in [4.69, 9.17) is 4.74 Å². The molecule has 9 heteroatoms. The molecule has 0 saturated carbocycles. The SMILES string of the molecule is C=CC([C@H](C)N(C(=O)N(C)CC)C1CCC(=O)NC1=O)N(CC)C(=O)OC(C)(C)C. The largest absolute Gasteiger partial charge is 0.444 e. The number of urea groups is 1. The Balaban J connectivity index is 3.30. The van der Waals surface area contributed by atoms with E-state index in [9.17, 15) is 19.2 Å². The van der Waals surface area contributed by atoms with Crippen molar-refractivity contribution in [1.29, 1.82) is 0 Å². The molecule has 1 aliphatic rings. The van der Waals surface area contributed by atoms with Gasteiger partial charge in [-0.1, -0.05) is 6.08 Å². The van der Waals surface area contributed by atoms with Crippen molar-refractivity contribution in [1.82, 2.24) is 20.0 Å². The van der Waals surface area contributed by atoms with Crippen LogP contribution >= 0.6 is 0 Å². The maximum Gasteiger partial charge on any atom is 0.410 e. The van der Waals surface area contributed by atoms with E-state index in [1.54, 1.807) is 40.8 Å². The molecule has 0 aromatic carbocycles. The fourth-order valence-corrected chi connectivity index (χ4v) is 3.40. The van der Waals surface area contributed by atoms with Gasteiger partial charge < -0.3 is 14.5 Å². The van der Waals surface area contributed by atoms with Gasteiger partial charge in [0.1, 0.15) is 11.6 Å². The average Bonchev–Trinajstić information content (AvgIpc) is 2.65. The highest BCUT2D eigenvalue weighted by Gasteiger charge is 2.42. The number of nitrogens with zero attached hydrogens (tertiary/aromatic N) is 3. The van der Waals surface area contributed by atoms with Gasteiger partial charge in [-0.05, 0) is 48.0 Å². The molecule has 9 nitrogen and oxygen atoms in total. The second-order valence-corrected chi connectivity index (χ2v) is 8.40. The molecule has 1 rings (SSSR count). The number of hydrogen-bond donors (Lipinski definition) is 1. The van der Waals surface area contributed by atoms with Crippen molar-refractivity contribution in [2.24, 2.45) is 0 Å². The third kappa shape index (κ3) is 6.21. The molecule has 0 aromatic heterocycles. The summed E-state index contributed by atoms with van der Waals surface area (Å²) in [5, 5.41) is 2.31. The minimum atomic E-state index is -0.820. The molecule has 0 aromatic rings. The first-order chi connectivity index (χ1) is 13.9. The molecular formula is C21H36N4O5. The summed E-state index contributed by atoms with van der Waals surface area (Å²) >= 11 is 0. The molecule has 0 aliphatic carbocycles. The first-order valence-corrected chi connectivity index (χ1v) is 10.4. The van der Waals surface area contributed by atoms with Gasteiger partial charge in [0.25, 0.3) is 0 Å². The summed E-state index contributed by atoms with van der Waals surface area (Å²) in [6.07, 6.45) is 1.42. The predicted molar refractivity (Wildman–Crippen MR) is 114 cm³/mol. The number of nitrogens with one attached hydrogen (secondary N) is 1. The zero-order valence-electron chi connectivity index (χ0n) is 19.2. The highest BCUT2D eigenvalue weighted by molar-refractivity contribution is 6.01. The number of carbonyl (C=O) groups is 4. The van der Waals surface area contributed by atoms with Crippen molar-refractivity contribution >= 4 is 23.9 Å². The Morgan fingerprint density at radius 3 is 2.30 bits per heavy atom. The van der Waals surface area contributed by atoms with Crippen molar-refractivity contribution in [2.75, 3.05) is 20.1 Å². The lowest BCUT2D eigenvalue weighted by Crippen LogP contribution is -2.63. The molecule has 1 saturated heterocycles. The van der Waals surface area contributed by atoms with Gasteiger partial charge in [-0.25, -0.2) is 9.59 Å². The standard InChI is InChI=1S/C21H36N4O5/c1-9-15(24(11-3)20(29)30-21(5,6)7)14(4)25(19(28)23(8)10-2)16-12-13-17(26)22-18(16)27/h9,14-16H,1,10-13H2,2-8H3,(H,22,26,27)/t14-,15?,16?/m0/s1. The zero-order valence-corrected chi connectivity index (χ0v) is 19.2. The number of rotatable bonds is 7. The van der Waals surface area contributed by atoms with E-state index < -0.39 is 35.7 Å². The van der Waals surface area contributed by atoms with Gasteiger partial charge >= 0.3 is 12.1 Å². The Kier molecular flexibility index (Phi) is 8.87. The predicted octanol–water partition coefficient (Wildman–Crippen LogP) is 2.37. The summed E-state index contributed by atoms with van der Waals surface area (Å²) in [7, 11) is 1.64. The summed E-state index contributed by atoms with van der Waals surface area (Å²) in [5.74, 6) is -0.872. The first-order valence-electron chi connectivity index (χ1n) is 10.4. The monoisotopic (exact) mass is 424 g/mol. The summed E-state index contributed by atoms with van der Waals surface area (Å²) in [5.41, 5.74) is -0.680. The van der Waals surface area contributed by atoms with Gasteiger partial charge in [0.2, 0.25) is 11.8 Å². The maximum atomic E-state index is 13.2. The van der Waals surface area contributed by atoms with Gasteiger partial charge in [-0.15, -0.1) is 6.58 Å². The minimum Gasteiger partial charge on any atom is -0.444 e. The third-order valence-corrected chi connectivity index (χ3v) is 5.07. The second kappa shape index (κ2) is 10.4. The number of hydrogen-bond acceptors (Lipinski definition) is 5. The van der Waals surface area contributed by atoms with Crippen LogP contribution in [0.25, 0.3) is 0 Å². The Morgan fingerprint density at radius 2 is 1.87 bits per heavy atom. The molecule has 0 spiro atoms. The van der Waals surface area contributed by atoms with Crippen molar-refractivity contribution < 1.29 is 23.9 Å². The normalized spacial score (nSPS) is 18.7. The number of amides is 5. The van der Waals surface area contributed by atoms with E-state index in [1.807, 2.05) is 13.8 Å². The van der Waals surface area contributed by atoms with E-state index in [-0.39, 0.29) is 24.8 Å². The average molecular weight is 425 g/mol. The van der Waals surface area contributed by atoms with Gasteiger partial charge in [0.15, 0.2) is 0 Å². The molecule has 170 valence electrons. The lowest BCUT2D eigenvalue weighted by atomic mass is 9.99. The third-order valence-electron chi connectivity index (χ3n) is 5.07. The van der Waals surface area contributed by atoms with Crippen molar-refractivity contribution in [3.05, 3.63) is 12.7 Å². The second-order valence-electron chi connectivity index (χ2n) is 8.40. The van der Waals surface area contributed by atoms with Crippen LogP contribution in [0.2, 0.25) is 0 Å². The van der Waals surface area contributed by atoms with Crippen LogP contribution in [-0.2, 0) is 14.3 Å². The van der Waals surface area contributed by atoms with E-state index >= 15 is 0 Å². The van der Waals surface area contributed by atoms with Crippen LogP contribution in [0.5, 0.6) is 0 Å². The molecular weight excluding hydrogens is 388 g/mol. The van der Waals surface area contributed by atoms with Gasteiger partial charge in [0, 0.05) is 26.6 Å². The Morgan fingerprint density at radius 1 is 1.27 bits per heavy atom. The molecule has 1 aliphatic heterocycles. The Labute approximate surface area is 179 Å². The maximum absolute atomic E-state index is 13.2. The highest BCUT2D eigenvalue weighted by Crippen LogP contribution is 2.23. The fourth-order valence-electron chi connectivity index (χ4n) is 3.40. The number of ether oxygens (including phenoxy) is 1. The van der Waals surface area contributed by atoms with Crippen LogP contribution in [0.3, 0.4) is 0 Å². The lowest BCUT2D eigenvalue weighted by Gasteiger charge is -2.44. The highest BCUT2D eigenvalue weighted by atomic mass is 16.6. The molecule has 1 fully saturated rings. The van der Waals surface area contributed by atoms with Gasteiger partial charge in [-0.2, -0.15) is 0 Å². The topological polar surface area (TPSA) is 99.3 Å². The van der Waals surface area contributed by atoms with Crippen LogP contribution in [-0.4, -0.2) is 82.5 Å². The van der Waals surface area contributed by atoms with E-state index in [0.29, 0.717) is 13.1 Å². The molecule has 30 heavy (non-hydrogen) atoms. The Bertz CT molecular complexity index is 673. The molecule has 3 atom stereocenters. The first kappa shape index (κ1) is 25.5. The van der Waals surface area contributed by atoms with Crippen LogP contribution in [0.4, 0.5) is 9.59 Å². The van der Waals surface area contributed by atoms with E-state index in [1.165, 1.54) is 14.7 Å². The van der Waals surface area contributed by atoms with Gasteiger partial charge in [0.05, 0.1) is 12.1 Å². The van der Waals surface area contributed by atoms with Gasteiger partial charge in [-0.3, -0.25) is 19.8 Å². The number of likely N-dealkylation sites (N-methyl/N-ethyl adjacent to an activating group) is 1. The van der Waals surface area contributed by atoms with Crippen molar-refractivity contribution in [3.63, 3.8) is 0 Å². The van der Waals surface area contributed by atoms with Crippen molar-refractivity contribution in [3.8, 4) is 0 Å². The zero-order chi connectivity index (χ0) is 23.2. The van der Waals surface area contributed by atoms with E-state index in [0.717, 1.165) is 0 Å². The number of carbonyl (C=O) groups excluding carboxylic acids is 4. The van der Waals surface area contributed by atoms with Crippen molar-refractivity contribution in [2.45, 2.75) is 78.1 Å². The quantitative estimate of drug-likeness (QED) is 0.500. The number of piperidine rings is 1. The minimum absolute atomic E-state index is 0.144. The fraction of sp³-hybridized carbons (Fsp3) is 0.714. The summed E-state index contributed by atoms with van der Waals surface area (Å²) in [4.78, 5) is 54.6. The molecule has 5 amide bonds. The molecule has 0 radical (unpaired) electrons. The summed E-state index contributed by atoms with van der Waals surface area (Å²) < 4.78 is 5.51. The van der Waals surface area contributed by atoms with Crippen LogP contribution in [0, 0.1) is 0 Å². The molecule has 2 unspecified atom stereocenters. The van der Waals surface area contributed by atoms with Crippen LogP contribution < -0.4 is 5.32 Å². The smallest absolute Gasteiger partial charge is 0.410 e. The molecule has 1 N–H and O–H groups in total. The lowest BCUT2D eigenvalue weighted by molar-refractivity contribution is -0.137. The van der Waals surface area contributed by atoms with E-state index in [2.05, 4.69) is 11.9 Å². The summed E-state index contributed by atoms with van der Waals surface area (Å²) in [6, 6.07) is -2.35. The van der Waals surface area contributed by atoms with Crippen LogP contribution in [0.15, 0.2) is 12.7 Å². The number of imide groups is 1. The summed E-state index contributed by atoms with van der Waals surface area (Å²) in [6.45, 7) is 15.4. The van der Waals surface area contributed by atoms with Crippen LogP contribution in [0.1, 0.15) is 54.4 Å².